The van der Waals surface area contributed by atoms with Gasteiger partial charge in [-0.1, -0.05) is 38.1 Å². The molecule has 8 nitrogen and oxygen atoms in total. The molecule has 0 spiro atoms. The van der Waals surface area contributed by atoms with Gasteiger partial charge in [0.2, 0.25) is 0 Å². The Morgan fingerprint density at radius 1 is 1.16 bits per heavy atom. The third kappa shape index (κ3) is 4.21. The number of fused-ring (bicyclic) bond motifs is 1. The number of unbranched alkanes of at least 4 members (excludes halogenated alkanes) is 1. The van der Waals surface area contributed by atoms with E-state index in [1.165, 1.54) is 17.7 Å². The van der Waals surface area contributed by atoms with Crippen molar-refractivity contribution < 1.29 is 14.3 Å². The predicted molar refractivity (Wildman–Crippen MR) is 123 cm³/mol. The lowest BCUT2D eigenvalue weighted by molar-refractivity contribution is 0.0549. The number of hydrogen-bond acceptors (Lipinski definition) is 6. The van der Waals surface area contributed by atoms with Crippen LogP contribution in [0, 0.1) is 6.92 Å². The highest BCUT2D eigenvalue weighted by Crippen LogP contribution is 2.32. The maximum absolute atomic E-state index is 13.2. The first kappa shape index (κ1) is 23.0. The molecule has 8 heteroatoms. The summed E-state index contributed by atoms with van der Waals surface area (Å²) in [6, 6.07) is 7.14. The number of hydrogen-bond donors (Lipinski definition) is 0. The van der Waals surface area contributed by atoms with E-state index in [2.05, 4.69) is 18.5 Å². The molecule has 0 radical (unpaired) electrons. The molecule has 2 aromatic heterocycles. The monoisotopic (exact) mass is 437 g/mol. The fourth-order valence-corrected chi connectivity index (χ4v) is 3.50. The molecular formula is C24H27N3O5. The Kier molecular flexibility index (Phi) is 6.92. The van der Waals surface area contributed by atoms with E-state index in [-0.39, 0.29) is 23.2 Å². The number of esters is 1. The molecule has 0 fully saturated rings. The van der Waals surface area contributed by atoms with Crippen LogP contribution in [0.4, 0.5) is 0 Å². The number of rotatable bonds is 8. The minimum Gasteiger partial charge on any atom is -0.494 e. The van der Waals surface area contributed by atoms with Crippen LogP contribution in [0.1, 0.15) is 35.8 Å². The summed E-state index contributed by atoms with van der Waals surface area (Å²) in [5.41, 5.74) is 0.688. The summed E-state index contributed by atoms with van der Waals surface area (Å²) in [6.07, 6.45) is 3.43. The van der Waals surface area contributed by atoms with E-state index < -0.39 is 17.2 Å². The molecular weight excluding hydrogens is 410 g/mol. The Morgan fingerprint density at radius 3 is 2.47 bits per heavy atom. The van der Waals surface area contributed by atoms with Crippen LogP contribution in [-0.2, 0) is 18.8 Å². The van der Waals surface area contributed by atoms with Crippen molar-refractivity contribution in [3.8, 4) is 16.9 Å². The summed E-state index contributed by atoms with van der Waals surface area (Å²) in [7, 11) is 2.94. The number of nitrogens with zero attached hydrogens (tertiary/aromatic N) is 3. The second-order valence-corrected chi connectivity index (χ2v) is 7.47. The van der Waals surface area contributed by atoms with Crippen molar-refractivity contribution in [2.75, 3.05) is 13.2 Å². The second kappa shape index (κ2) is 9.64. The van der Waals surface area contributed by atoms with E-state index in [0.29, 0.717) is 29.2 Å². The smallest absolute Gasteiger partial charge is 0.340 e. The minimum absolute atomic E-state index is 0.0191. The van der Waals surface area contributed by atoms with Crippen molar-refractivity contribution in [1.29, 1.82) is 0 Å². The summed E-state index contributed by atoms with van der Waals surface area (Å²) >= 11 is 0. The summed E-state index contributed by atoms with van der Waals surface area (Å²) in [5.74, 6) is 0.0688. The number of pyridine rings is 1. The Hall–Kier alpha value is -3.68. The number of ether oxygens (including phenoxy) is 2. The number of carbonyl (C=O) groups is 1. The Labute approximate surface area is 185 Å². The molecule has 0 aliphatic carbocycles. The molecule has 0 unspecified atom stereocenters. The largest absolute Gasteiger partial charge is 0.494 e. The highest BCUT2D eigenvalue weighted by molar-refractivity contribution is 6.07. The van der Waals surface area contributed by atoms with Crippen LogP contribution < -0.4 is 16.0 Å². The number of carbonyl (C=O) groups excluding carboxylic acids is 1. The number of aryl methyl sites for hydroxylation is 2. The van der Waals surface area contributed by atoms with Crippen LogP contribution in [0.15, 0.2) is 46.5 Å². The van der Waals surface area contributed by atoms with Gasteiger partial charge in [-0.15, -0.1) is 0 Å². The van der Waals surface area contributed by atoms with Gasteiger partial charge in [0.15, 0.2) is 0 Å². The van der Waals surface area contributed by atoms with Crippen molar-refractivity contribution in [3.63, 3.8) is 0 Å². The maximum atomic E-state index is 13.2. The van der Waals surface area contributed by atoms with Gasteiger partial charge >= 0.3 is 11.7 Å². The van der Waals surface area contributed by atoms with Gasteiger partial charge in [-0.05, 0) is 31.0 Å². The fourth-order valence-electron chi connectivity index (χ4n) is 3.50. The van der Waals surface area contributed by atoms with Crippen LogP contribution in [0.5, 0.6) is 5.75 Å². The van der Waals surface area contributed by atoms with E-state index in [0.717, 1.165) is 17.4 Å². The van der Waals surface area contributed by atoms with Crippen molar-refractivity contribution in [3.05, 3.63) is 69.0 Å². The molecule has 0 N–H and O–H groups in total. The number of aromatic nitrogens is 3. The lowest BCUT2D eigenvalue weighted by Crippen LogP contribution is -2.38. The van der Waals surface area contributed by atoms with E-state index in [9.17, 15) is 14.4 Å². The second-order valence-electron chi connectivity index (χ2n) is 7.47. The molecule has 0 amide bonds. The first-order chi connectivity index (χ1) is 15.3. The van der Waals surface area contributed by atoms with Gasteiger partial charge in [0, 0.05) is 19.7 Å². The highest BCUT2D eigenvalue weighted by Gasteiger charge is 2.25. The fraction of sp³-hybridized carbons (Fsp3) is 0.333. The lowest BCUT2D eigenvalue weighted by atomic mass is 9.95. The van der Waals surface area contributed by atoms with Gasteiger partial charge in [-0.2, -0.15) is 0 Å². The minimum atomic E-state index is -0.619. The Balaban J connectivity index is 2.32. The van der Waals surface area contributed by atoms with Crippen molar-refractivity contribution in [1.82, 2.24) is 14.1 Å². The van der Waals surface area contributed by atoms with E-state index in [1.54, 1.807) is 38.2 Å². The summed E-state index contributed by atoms with van der Waals surface area (Å²) in [5, 5.41) is 0.172. The van der Waals surface area contributed by atoms with Crippen LogP contribution in [-0.4, -0.2) is 33.3 Å². The van der Waals surface area contributed by atoms with E-state index in [1.807, 2.05) is 0 Å². The molecule has 168 valence electrons. The normalized spacial score (nSPS) is 10.9. The molecule has 1 aromatic carbocycles. The van der Waals surface area contributed by atoms with Crippen LogP contribution in [0.25, 0.3) is 22.2 Å². The zero-order chi connectivity index (χ0) is 23.4. The maximum Gasteiger partial charge on any atom is 0.340 e. The van der Waals surface area contributed by atoms with Gasteiger partial charge in [0.25, 0.3) is 5.56 Å². The molecule has 0 saturated heterocycles. The zero-order valence-corrected chi connectivity index (χ0v) is 18.8. The SMILES string of the molecule is C=CCOC(=O)c1c(C)nc2c(c1-c1ccc(OCCCC)cc1)c(=O)n(C)c(=O)n2C. The molecule has 3 aromatic rings. The van der Waals surface area contributed by atoms with E-state index >= 15 is 0 Å². The van der Waals surface area contributed by atoms with Gasteiger partial charge in [-0.3, -0.25) is 13.9 Å². The Bertz CT molecular complexity index is 1290. The average molecular weight is 437 g/mol. The highest BCUT2D eigenvalue weighted by atomic mass is 16.5. The predicted octanol–water partition coefficient (Wildman–Crippen LogP) is 3.13. The van der Waals surface area contributed by atoms with Crippen molar-refractivity contribution in [2.24, 2.45) is 14.1 Å². The van der Waals surface area contributed by atoms with Crippen LogP contribution >= 0.6 is 0 Å². The third-order valence-electron chi connectivity index (χ3n) is 5.22. The molecule has 0 saturated carbocycles. The van der Waals surface area contributed by atoms with Crippen LogP contribution in [0.2, 0.25) is 0 Å². The van der Waals surface area contributed by atoms with Crippen molar-refractivity contribution in [2.45, 2.75) is 26.7 Å². The molecule has 32 heavy (non-hydrogen) atoms. The van der Waals surface area contributed by atoms with Gasteiger partial charge in [0.1, 0.15) is 18.0 Å². The van der Waals surface area contributed by atoms with Gasteiger partial charge in [0.05, 0.1) is 23.3 Å². The average Bonchev–Trinajstić information content (AvgIpc) is 2.79. The first-order valence-electron chi connectivity index (χ1n) is 10.4. The van der Waals surface area contributed by atoms with E-state index in [4.69, 9.17) is 9.47 Å². The summed E-state index contributed by atoms with van der Waals surface area (Å²) in [6.45, 7) is 7.93. The lowest BCUT2D eigenvalue weighted by Gasteiger charge is -2.17. The first-order valence-corrected chi connectivity index (χ1v) is 10.4. The van der Waals surface area contributed by atoms with Crippen LogP contribution in [0.3, 0.4) is 0 Å². The quantitative estimate of drug-likeness (QED) is 0.305. The third-order valence-corrected chi connectivity index (χ3v) is 5.22. The Morgan fingerprint density at radius 2 is 1.84 bits per heavy atom. The summed E-state index contributed by atoms with van der Waals surface area (Å²) < 4.78 is 13.3. The molecule has 0 aliphatic rings. The van der Waals surface area contributed by atoms with Gasteiger partial charge < -0.3 is 9.47 Å². The topological polar surface area (TPSA) is 92.4 Å². The molecule has 3 rings (SSSR count). The molecule has 0 atom stereocenters. The molecule has 2 heterocycles. The standard InChI is InChI=1S/C24H27N3O5/c1-6-8-14-31-17-11-9-16(10-12-17)19-18(23(29)32-13-7-2)15(3)25-21-20(19)22(28)27(5)24(30)26(21)4/h7,9-12H,2,6,8,13-14H2,1,3-5H3. The molecule has 0 aliphatic heterocycles. The number of benzene rings is 1. The zero-order valence-electron chi connectivity index (χ0n) is 18.8. The van der Waals surface area contributed by atoms with Crippen molar-refractivity contribution >= 4 is 17.0 Å². The summed E-state index contributed by atoms with van der Waals surface area (Å²) in [4.78, 5) is 43.0. The molecule has 0 bridgehead atoms. The van der Waals surface area contributed by atoms with Gasteiger partial charge in [-0.25, -0.2) is 14.6 Å².